The molecule has 1 aliphatic heterocycles. The Morgan fingerprint density at radius 1 is 1.22 bits per heavy atom. The largest absolute Gasteiger partial charge is 0.486 e. The first-order valence-electron chi connectivity index (χ1n) is 12.0. The van der Waals surface area contributed by atoms with Gasteiger partial charge in [-0.2, -0.15) is 10.4 Å². The number of halogens is 2. The maximum Gasteiger partial charge on any atom is 0.146 e. The van der Waals surface area contributed by atoms with Gasteiger partial charge in [-0.15, -0.1) is 0 Å². The fraction of sp³-hybridized carbons (Fsp3) is 0.333. The van der Waals surface area contributed by atoms with Gasteiger partial charge in [0.05, 0.1) is 26.7 Å². The Bertz CT molecular complexity index is 1490. The van der Waals surface area contributed by atoms with Crippen LogP contribution in [0.5, 0.6) is 5.75 Å². The van der Waals surface area contributed by atoms with Crippen LogP contribution in [0.25, 0.3) is 22.2 Å². The highest BCUT2D eigenvalue weighted by Crippen LogP contribution is 2.36. The molecule has 0 amide bonds. The van der Waals surface area contributed by atoms with Gasteiger partial charge in [0.25, 0.3) is 0 Å². The number of anilines is 1. The van der Waals surface area contributed by atoms with Gasteiger partial charge in [-0.05, 0) is 51.5 Å². The van der Waals surface area contributed by atoms with Crippen molar-refractivity contribution >= 4 is 39.9 Å². The Balaban J connectivity index is 1.44. The van der Waals surface area contributed by atoms with Crippen LogP contribution in [-0.4, -0.2) is 44.0 Å². The van der Waals surface area contributed by atoms with Crippen LogP contribution >= 0.6 is 23.2 Å². The van der Waals surface area contributed by atoms with Crippen molar-refractivity contribution in [1.82, 2.24) is 20.2 Å². The van der Waals surface area contributed by atoms with Gasteiger partial charge in [0.15, 0.2) is 0 Å². The summed E-state index contributed by atoms with van der Waals surface area (Å²) in [6, 6.07) is 9.71. The number of hydrogen-bond acceptors (Lipinski definition) is 7. The summed E-state index contributed by atoms with van der Waals surface area (Å²) in [6.45, 7) is 6.91. The molecule has 2 atom stereocenters. The van der Waals surface area contributed by atoms with Crippen LogP contribution in [0.15, 0.2) is 42.9 Å². The number of hydrogen-bond donors (Lipinski definition) is 2. The molecule has 1 saturated heterocycles. The van der Waals surface area contributed by atoms with Crippen LogP contribution in [0.2, 0.25) is 10.0 Å². The maximum absolute atomic E-state index is 10.4. The number of nitrogens with one attached hydrogen (secondary N) is 1. The number of nitriles is 1. The van der Waals surface area contributed by atoms with Gasteiger partial charge in [0, 0.05) is 54.1 Å². The summed E-state index contributed by atoms with van der Waals surface area (Å²) in [4.78, 5) is 10.7. The molecule has 2 N–H and O–H groups in total. The SMILES string of the molecule is C[C@@H](Oc1ccc2[nH]nc(-c3cnc(N4CC[C@H](C(C)(C)O)C4)c(C#N)c3)c2c1)c1c(Cl)cncc1Cl. The molecule has 3 aromatic heterocycles. The lowest BCUT2D eigenvalue weighted by Gasteiger charge is -2.26. The summed E-state index contributed by atoms with van der Waals surface area (Å²) >= 11 is 12.6. The van der Waals surface area contributed by atoms with E-state index in [1.54, 1.807) is 6.20 Å². The number of H-pyrrole nitrogens is 1. The molecule has 0 radical (unpaired) electrons. The average Bonchev–Trinajstić information content (AvgIpc) is 3.51. The molecule has 0 spiro atoms. The molecule has 0 saturated carbocycles. The second-order valence-electron chi connectivity index (χ2n) is 9.85. The summed E-state index contributed by atoms with van der Waals surface area (Å²) in [5, 5.41) is 29.5. The summed E-state index contributed by atoms with van der Waals surface area (Å²) in [5.74, 6) is 1.36. The number of aromatic amines is 1. The van der Waals surface area contributed by atoms with Gasteiger partial charge in [0.2, 0.25) is 0 Å². The zero-order valence-corrected chi connectivity index (χ0v) is 22.2. The Morgan fingerprint density at radius 2 is 1.97 bits per heavy atom. The first-order chi connectivity index (χ1) is 17.7. The lowest BCUT2D eigenvalue weighted by molar-refractivity contribution is 0.0263. The van der Waals surface area contributed by atoms with Crippen molar-refractivity contribution in [3.05, 3.63) is 64.0 Å². The number of nitrogens with zero attached hydrogens (tertiary/aromatic N) is 5. The molecule has 0 bridgehead atoms. The number of aromatic nitrogens is 4. The molecule has 0 unspecified atom stereocenters. The summed E-state index contributed by atoms with van der Waals surface area (Å²) in [7, 11) is 0. The summed E-state index contributed by atoms with van der Waals surface area (Å²) < 4.78 is 6.17. The normalized spacial score (nSPS) is 16.7. The van der Waals surface area contributed by atoms with E-state index in [9.17, 15) is 10.4 Å². The third kappa shape index (κ3) is 4.95. The van der Waals surface area contributed by atoms with E-state index in [4.69, 9.17) is 27.9 Å². The van der Waals surface area contributed by atoms with Crippen molar-refractivity contribution in [2.75, 3.05) is 18.0 Å². The van der Waals surface area contributed by atoms with Crippen molar-refractivity contribution in [2.45, 2.75) is 38.9 Å². The van der Waals surface area contributed by atoms with Gasteiger partial charge >= 0.3 is 0 Å². The average molecular weight is 537 g/mol. The predicted octanol–water partition coefficient (Wildman–Crippen LogP) is 5.94. The lowest BCUT2D eigenvalue weighted by atomic mass is 9.90. The van der Waals surface area contributed by atoms with E-state index >= 15 is 0 Å². The van der Waals surface area contributed by atoms with Gasteiger partial charge in [0.1, 0.15) is 29.4 Å². The first-order valence-corrected chi connectivity index (χ1v) is 12.7. The van der Waals surface area contributed by atoms with Gasteiger partial charge < -0.3 is 14.7 Å². The molecule has 8 nitrogen and oxygen atoms in total. The van der Waals surface area contributed by atoms with E-state index in [1.165, 1.54) is 12.4 Å². The van der Waals surface area contributed by atoms with Crippen LogP contribution in [-0.2, 0) is 0 Å². The molecule has 37 heavy (non-hydrogen) atoms. The van der Waals surface area contributed by atoms with E-state index in [1.807, 2.05) is 45.0 Å². The van der Waals surface area contributed by atoms with E-state index in [0.29, 0.717) is 45.0 Å². The standard InChI is InChI=1S/C27H26Cl2N6O2/c1-15(24-21(28)12-31-13-22(24)29)37-19-4-5-23-20(9-19)25(34-33-23)17-8-16(10-30)26(32-11-17)35-7-6-18(14-35)27(2,3)36/h4-5,8-9,11-13,15,18,36H,6-7,14H2,1-3H3,(H,33,34)/t15-,18+/m1/s1. The fourth-order valence-electron chi connectivity index (χ4n) is 4.81. The molecular weight excluding hydrogens is 511 g/mol. The minimum atomic E-state index is -0.777. The number of fused-ring (bicyclic) bond motifs is 1. The molecular formula is C27H26Cl2N6O2. The van der Waals surface area contributed by atoms with Crippen molar-refractivity contribution in [3.63, 3.8) is 0 Å². The molecule has 4 heterocycles. The lowest BCUT2D eigenvalue weighted by Crippen LogP contribution is -2.33. The Hall–Kier alpha value is -3.38. The molecule has 5 rings (SSSR count). The second kappa shape index (κ2) is 9.82. The van der Waals surface area contributed by atoms with Gasteiger partial charge in [-0.25, -0.2) is 4.98 Å². The number of pyridine rings is 2. The molecule has 190 valence electrons. The first kappa shape index (κ1) is 25.3. The van der Waals surface area contributed by atoms with Crippen molar-refractivity contribution in [1.29, 1.82) is 5.26 Å². The number of benzene rings is 1. The minimum absolute atomic E-state index is 0.119. The van der Waals surface area contributed by atoms with Crippen LogP contribution in [0.1, 0.15) is 44.4 Å². The van der Waals surface area contributed by atoms with Gasteiger partial charge in [-0.3, -0.25) is 10.1 Å². The molecule has 0 aliphatic carbocycles. The number of rotatable bonds is 6. The van der Waals surface area contributed by atoms with Crippen LogP contribution in [0, 0.1) is 17.2 Å². The third-order valence-electron chi connectivity index (χ3n) is 6.89. The monoisotopic (exact) mass is 536 g/mol. The highest BCUT2D eigenvalue weighted by molar-refractivity contribution is 6.35. The predicted molar refractivity (Wildman–Crippen MR) is 144 cm³/mol. The smallest absolute Gasteiger partial charge is 0.146 e. The molecule has 10 heteroatoms. The third-order valence-corrected chi connectivity index (χ3v) is 7.49. The van der Waals surface area contributed by atoms with Crippen molar-refractivity contribution < 1.29 is 9.84 Å². The molecule has 1 aromatic carbocycles. The highest BCUT2D eigenvalue weighted by atomic mass is 35.5. The molecule has 1 aliphatic rings. The molecule has 1 fully saturated rings. The zero-order valence-electron chi connectivity index (χ0n) is 20.7. The van der Waals surface area contributed by atoms with Crippen LogP contribution in [0.3, 0.4) is 0 Å². The van der Waals surface area contributed by atoms with E-state index in [0.717, 1.165) is 29.4 Å². The number of ether oxygens (including phenoxy) is 1. The maximum atomic E-state index is 10.4. The van der Waals surface area contributed by atoms with E-state index in [-0.39, 0.29) is 5.92 Å². The summed E-state index contributed by atoms with van der Waals surface area (Å²) in [6.07, 6.45) is 5.25. The van der Waals surface area contributed by atoms with Crippen molar-refractivity contribution in [2.24, 2.45) is 5.92 Å². The van der Waals surface area contributed by atoms with Crippen LogP contribution in [0.4, 0.5) is 5.82 Å². The zero-order chi connectivity index (χ0) is 26.3. The minimum Gasteiger partial charge on any atom is -0.486 e. The van der Waals surface area contributed by atoms with E-state index in [2.05, 4.69) is 31.1 Å². The van der Waals surface area contributed by atoms with Crippen LogP contribution < -0.4 is 9.64 Å². The second-order valence-corrected chi connectivity index (χ2v) is 10.7. The van der Waals surface area contributed by atoms with Gasteiger partial charge in [-0.1, -0.05) is 23.2 Å². The number of aliphatic hydroxyl groups is 1. The molecule has 4 aromatic rings. The Morgan fingerprint density at radius 3 is 2.65 bits per heavy atom. The highest BCUT2D eigenvalue weighted by Gasteiger charge is 2.34. The van der Waals surface area contributed by atoms with E-state index < -0.39 is 11.7 Å². The fourth-order valence-corrected chi connectivity index (χ4v) is 5.48. The Kier molecular flexibility index (Phi) is 6.71. The topological polar surface area (TPSA) is 111 Å². The summed E-state index contributed by atoms with van der Waals surface area (Å²) in [5.41, 5.74) is 2.56. The quantitative estimate of drug-likeness (QED) is 0.313. The Labute approximate surface area is 224 Å². The van der Waals surface area contributed by atoms with Crippen molar-refractivity contribution in [3.8, 4) is 23.1 Å².